The van der Waals surface area contributed by atoms with E-state index >= 15 is 0 Å². The van der Waals surface area contributed by atoms with Gasteiger partial charge in [0.25, 0.3) is 0 Å². The van der Waals surface area contributed by atoms with Crippen molar-refractivity contribution in [2.75, 3.05) is 20.2 Å². The van der Waals surface area contributed by atoms with Gasteiger partial charge in [0.2, 0.25) is 5.91 Å². The van der Waals surface area contributed by atoms with Crippen LogP contribution in [0.15, 0.2) is 24.3 Å². The van der Waals surface area contributed by atoms with Crippen molar-refractivity contribution in [3.8, 4) is 5.75 Å². The van der Waals surface area contributed by atoms with Crippen molar-refractivity contribution in [2.24, 2.45) is 5.92 Å². The molecule has 0 radical (unpaired) electrons. The standard InChI is InChI=1S/C16H21NO4/c1-11(12-5-3-7-14(9-12)21-2)15(18)17-8-4-6-13(10-17)16(19)20/h3,5,7,9,11,13H,4,6,8,10H2,1-2H3,(H,19,20)/t11?,13-/m0/s1. The van der Waals surface area contributed by atoms with Crippen LogP contribution in [-0.4, -0.2) is 42.1 Å². The molecule has 1 aliphatic rings. The number of nitrogens with zero attached hydrogens (tertiary/aromatic N) is 1. The second-order valence-electron chi connectivity index (χ2n) is 5.46. The Kier molecular flexibility index (Phi) is 4.83. The Labute approximate surface area is 124 Å². The van der Waals surface area contributed by atoms with Gasteiger partial charge in [0.15, 0.2) is 0 Å². The fourth-order valence-corrected chi connectivity index (χ4v) is 2.71. The fraction of sp³-hybridized carbons (Fsp3) is 0.500. The van der Waals surface area contributed by atoms with Gasteiger partial charge >= 0.3 is 5.97 Å². The van der Waals surface area contributed by atoms with E-state index in [2.05, 4.69) is 0 Å². The highest BCUT2D eigenvalue weighted by molar-refractivity contribution is 5.84. The molecule has 0 spiro atoms. The molecule has 1 amide bonds. The molecule has 5 heteroatoms. The zero-order valence-corrected chi connectivity index (χ0v) is 12.4. The van der Waals surface area contributed by atoms with Crippen molar-refractivity contribution in [2.45, 2.75) is 25.7 Å². The lowest BCUT2D eigenvalue weighted by atomic mass is 9.94. The normalized spacial score (nSPS) is 19.9. The zero-order chi connectivity index (χ0) is 15.4. The Balaban J connectivity index is 2.09. The van der Waals surface area contributed by atoms with E-state index in [1.54, 1.807) is 12.0 Å². The maximum Gasteiger partial charge on any atom is 0.308 e. The predicted octanol–water partition coefficient (Wildman–Crippen LogP) is 2.12. The number of carboxylic acids is 1. The summed E-state index contributed by atoms with van der Waals surface area (Å²) in [6.45, 7) is 2.79. The van der Waals surface area contributed by atoms with E-state index in [4.69, 9.17) is 9.84 Å². The molecule has 0 saturated carbocycles. The van der Waals surface area contributed by atoms with Crippen LogP contribution in [0.25, 0.3) is 0 Å². The van der Waals surface area contributed by atoms with Crippen LogP contribution in [0.4, 0.5) is 0 Å². The van der Waals surface area contributed by atoms with Gasteiger partial charge in [-0.2, -0.15) is 0 Å². The largest absolute Gasteiger partial charge is 0.497 e. The zero-order valence-electron chi connectivity index (χ0n) is 12.4. The molecule has 114 valence electrons. The first kappa shape index (κ1) is 15.4. The molecule has 1 heterocycles. The van der Waals surface area contributed by atoms with E-state index in [1.807, 2.05) is 31.2 Å². The Morgan fingerprint density at radius 3 is 2.86 bits per heavy atom. The summed E-state index contributed by atoms with van der Waals surface area (Å²) in [6, 6.07) is 7.43. The van der Waals surface area contributed by atoms with E-state index in [-0.39, 0.29) is 11.8 Å². The van der Waals surface area contributed by atoms with Gasteiger partial charge < -0.3 is 14.7 Å². The molecule has 1 aromatic carbocycles. The number of aliphatic carboxylic acids is 1. The molecule has 1 saturated heterocycles. The third-order valence-corrected chi connectivity index (χ3v) is 4.05. The number of carbonyl (C=O) groups excluding carboxylic acids is 1. The van der Waals surface area contributed by atoms with Crippen LogP contribution in [0.5, 0.6) is 5.75 Å². The van der Waals surface area contributed by atoms with Gasteiger partial charge in [-0.15, -0.1) is 0 Å². The molecule has 1 unspecified atom stereocenters. The second-order valence-corrected chi connectivity index (χ2v) is 5.46. The van der Waals surface area contributed by atoms with Crippen molar-refractivity contribution >= 4 is 11.9 Å². The molecule has 2 rings (SSSR count). The quantitative estimate of drug-likeness (QED) is 0.922. The maximum absolute atomic E-state index is 12.6. The number of likely N-dealkylation sites (tertiary alicyclic amines) is 1. The summed E-state index contributed by atoms with van der Waals surface area (Å²) >= 11 is 0. The number of methoxy groups -OCH3 is 1. The highest BCUT2D eigenvalue weighted by Crippen LogP contribution is 2.25. The van der Waals surface area contributed by atoms with Crippen LogP contribution in [0.1, 0.15) is 31.2 Å². The third kappa shape index (κ3) is 3.54. The van der Waals surface area contributed by atoms with Crippen LogP contribution in [0.2, 0.25) is 0 Å². The Morgan fingerprint density at radius 2 is 2.19 bits per heavy atom. The van der Waals surface area contributed by atoms with E-state index in [9.17, 15) is 9.59 Å². The van der Waals surface area contributed by atoms with Gasteiger partial charge in [-0.05, 0) is 37.5 Å². The second kappa shape index (κ2) is 6.61. The van der Waals surface area contributed by atoms with Crippen molar-refractivity contribution in [1.29, 1.82) is 0 Å². The van der Waals surface area contributed by atoms with Crippen molar-refractivity contribution < 1.29 is 19.4 Å². The Bertz CT molecular complexity index is 529. The number of carbonyl (C=O) groups is 2. The number of hydrogen-bond donors (Lipinski definition) is 1. The van der Waals surface area contributed by atoms with E-state index < -0.39 is 11.9 Å². The molecule has 0 bridgehead atoms. The number of piperidine rings is 1. The summed E-state index contributed by atoms with van der Waals surface area (Å²) in [6.07, 6.45) is 1.39. The van der Waals surface area contributed by atoms with Gasteiger partial charge in [0, 0.05) is 13.1 Å². The Hall–Kier alpha value is -2.04. The van der Waals surface area contributed by atoms with Crippen molar-refractivity contribution in [3.05, 3.63) is 29.8 Å². The van der Waals surface area contributed by atoms with Gasteiger partial charge in [-0.3, -0.25) is 9.59 Å². The number of carboxylic acid groups (broad SMARTS) is 1. The molecule has 21 heavy (non-hydrogen) atoms. The fourth-order valence-electron chi connectivity index (χ4n) is 2.71. The first-order valence-corrected chi connectivity index (χ1v) is 7.18. The summed E-state index contributed by atoms with van der Waals surface area (Å²) in [4.78, 5) is 25.3. The molecule has 0 aromatic heterocycles. The minimum atomic E-state index is -0.818. The minimum absolute atomic E-state index is 0.0193. The molecule has 1 aliphatic heterocycles. The summed E-state index contributed by atoms with van der Waals surface area (Å²) in [5.74, 6) is -0.863. The topological polar surface area (TPSA) is 66.8 Å². The first-order valence-electron chi connectivity index (χ1n) is 7.18. The summed E-state index contributed by atoms with van der Waals surface area (Å²) in [7, 11) is 1.59. The number of amides is 1. The lowest BCUT2D eigenvalue weighted by molar-refractivity contribution is -0.146. The first-order chi connectivity index (χ1) is 10.0. The summed E-state index contributed by atoms with van der Waals surface area (Å²) < 4.78 is 5.18. The molecule has 5 nitrogen and oxygen atoms in total. The molecule has 2 atom stereocenters. The number of benzene rings is 1. The minimum Gasteiger partial charge on any atom is -0.497 e. The Morgan fingerprint density at radius 1 is 1.43 bits per heavy atom. The third-order valence-electron chi connectivity index (χ3n) is 4.05. The maximum atomic E-state index is 12.6. The van der Waals surface area contributed by atoms with Gasteiger partial charge in [0.1, 0.15) is 5.75 Å². The average Bonchev–Trinajstić information content (AvgIpc) is 2.53. The lowest BCUT2D eigenvalue weighted by Gasteiger charge is -2.32. The van der Waals surface area contributed by atoms with Crippen LogP contribution >= 0.6 is 0 Å². The lowest BCUT2D eigenvalue weighted by Crippen LogP contribution is -2.43. The number of ether oxygens (including phenoxy) is 1. The highest BCUT2D eigenvalue weighted by Gasteiger charge is 2.30. The van der Waals surface area contributed by atoms with Crippen LogP contribution in [-0.2, 0) is 9.59 Å². The monoisotopic (exact) mass is 291 g/mol. The van der Waals surface area contributed by atoms with Gasteiger partial charge in [-0.1, -0.05) is 12.1 Å². The van der Waals surface area contributed by atoms with E-state index in [0.29, 0.717) is 25.3 Å². The van der Waals surface area contributed by atoms with E-state index in [1.165, 1.54) is 0 Å². The SMILES string of the molecule is COc1cccc(C(C)C(=O)N2CCC[C@H](C(=O)O)C2)c1. The van der Waals surface area contributed by atoms with Crippen LogP contribution in [0.3, 0.4) is 0 Å². The van der Waals surface area contributed by atoms with Gasteiger partial charge in [0.05, 0.1) is 18.9 Å². The highest BCUT2D eigenvalue weighted by atomic mass is 16.5. The predicted molar refractivity (Wildman–Crippen MR) is 78.3 cm³/mol. The molecule has 1 fully saturated rings. The average molecular weight is 291 g/mol. The van der Waals surface area contributed by atoms with Crippen molar-refractivity contribution in [3.63, 3.8) is 0 Å². The van der Waals surface area contributed by atoms with Gasteiger partial charge in [-0.25, -0.2) is 0 Å². The smallest absolute Gasteiger partial charge is 0.308 e. The number of rotatable bonds is 4. The molecular formula is C16H21NO4. The molecular weight excluding hydrogens is 270 g/mol. The molecule has 0 aliphatic carbocycles. The van der Waals surface area contributed by atoms with Crippen molar-refractivity contribution in [1.82, 2.24) is 4.90 Å². The summed E-state index contributed by atoms with van der Waals surface area (Å²) in [5.41, 5.74) is 0.886. The number of hydrogen-bond acceptors (Lipinski definition) is 3. The molecule has 1 N–H and O–H groups in total. The summed E-state index contributed by atoms with van der Waals surface area (Å²) in [5, 5.41) is 9.11. The van der Waals surface area contributed by atoms with E-state index in [0.717, 1.165) is 12.0 Å². The van der Waals surface area contributed by atoms with Crippen LogP contribution in [0, 0.1) is 5.92 Å². The van der Waals surface area contributed by atoms with Crippen LogP contribution < -0.4 is 4.74 Å². The molecule has 1 aromatic rings.